The summed E-state index contributed by atoms with van der Waals surface area (Å²) in [6.07, 6.45) is 12.8. The van der Waals surface area contributed by atoms with Gasteiger partial charge >= 0.3 is 0 Å². The molecule has 1 saturated carbocycles. The first kappa shape index (κ1) is 20.2. The molecule has 2 atom stereocenters. The topological polar surface area (TPSA) is 32.3 Å². The van der Waals surface area contributed by atoms with Crippen LogP contribution in [0.5, 0.6) is 0 Å². The van der Waals surface area contributed by atoms with Crippen LogP contribution in [0, 0.1) is 5.92 Å². The maximum absolute atomic E-state index is 13.0. The van der Waals surface area contributed by atoms with Gasteiger partial charge in [-0.15, -0.1) is 0 Å². The van der Waals surface area contributed by atoms with E-state index in [0.717, 1.165) is 42.4 Å². The lowest BCUT2D eigenvalue weighted by Crippen LogP contribution is -2.42. The molecule has 4 aliphatic rings. The van der Waals surface area contributed by atoms with Crippen molar-refractivity contribution in [3.8, 4) is 0 Å². The monoisotopic (exact) mass is 426 g/mol. The molecule has 2 fully saturated rings. The van der Waals surface area contributed by atoms with Gasteiger partial charge in [0.15, 0.2) is 0 Å². The zero-order valence-electron chi connectivity index (χ0n) is 18.9. The van der Waals surface area contributed by atoms with Crippen LogP contribution in [0.25, 0.3) is 11.6 Å². The van der Waals surface area contributed by atoms with Gasteiger partial charge in [0.1, 0.15) is 0 Å². The molecule has 3 nitrogen and oxygen atoms in total. The second-order valence-electron chi connectivity index (χ2n) is 10.3. The smallest absolute Gasteiger partial charge is 0.248 e. The lowest BCUT2D eigenvalue weighted by Gasteiger charge is -2.31. The van der Waals surface area contributed by atoms with Crippen LogP contribution in [0.2, 0.25) is 0 Å². The van der Waals surface area contributed by atoms with E-state index in [4.69, 9.17) is 0 Å². The van der Waals surface area contributed by atoms with E-state index in [-0.39, 0.29) is 5.91 Å². The van der Waals surface area contributed by atoms with Crippen molar-refractivity contribution in [3.05, 3.63) is 70.1 Å². The summed E-state index contributed by atoms with van der Waals surface area (Å²) >= 11 is 0. The van der Waals surface area contributed by atoms with Gasteiger partial charge in [0, 0.05) is 23.7 Å². The van der Waals surface area contributed by atoms with Crippen molar-refractivity contribution in [2.75, 3.05) is 6.54 Å². The number of hydrogen-bond acceptors (Lipinski definition) is 2. The van der Waals surface area contributed by atoms with Crippen LogP contribution in [0.15, 0.2) is 48.5 Å². The highest BCUT2D eigenvalue weighted by Gasteiger charge is 2.43. The lowest BCUT2D eigenvalue weighted by atomic mass is 9.83. The predicted molar refractivity (Wildman–Crippen MR) is 129 cm³/mol. The third kappa shape index (κ3) is 3.61. The van der Waals surface area contributed by atoms with E-state index < -0.39 is 0 Å². The number of nitrogens with zero attached hydrogens (tertiary/aromatic N) is 1. The summed E-state index contributed by atoms with van der Waals surface area (Å²) in [5.41, 5.74) is 4.17. The molecule has 2 heterocycles. The molecule has 2 aliphatic heterocycles. The Labute approximate surface area is 191 Å². The van der Waals surface area contributed by atoms with Gasteiger partial charge in [-0.05, 0) is 91.8 Å². The minimum Gasteiger partial charge on any atom is -0.350 e. The summed E-state index contributed by atoms with van der Waals surface area (Å²) in [7, 11) is 0. The Morgan fingerprint density at radius 2 is 1.56 bits per heavy atom. The van der Waals surface area contributed by atoms with Crippen molar-refractivity contribution in [1.82, 2.24) is 10.2 Å². The molecule has 2 unspecified atom stereocenters. The molecule has 2 aromatic carbocycles. The summed E-state index contributed by atoms with van der Waals surface area (Å²) < 4.78 is 0. The van der Waals surface area contributed by atoms with Crippen molar-refractivity contribution in [2.24, 2.45) is 5.92 Å². The molecule has 2 aromatic rings. The average Bonchev–Trinajstić information content (AvgIpc) is 3.39. The zero-order valence-corrected chi connectivity index (χ0v) is 18.9. The van der Waals surface area contributed by atoms with E-state index in [1.54, 1.807) is 11.1 Å². The summed E-state index contributed by atoms with van der Waals surface area (Å²) in [4.78, 5) is 15.8. The molecular weight excluding hydrogens is 392 g/mol. The van der Waals surface area contributed by atoms with Gasteiger partial charge < -0.3 is 5.32 Å². The third-order valence-electron chi connectivity index (χ3n) is 8.52. The molecule has 32 heavy (non-hydrogen) atoms. The minimum absolute atomic E-state index is 0.167. The molecule has 6 rings (SSSR count). The quantitative estimate of drug-likeness (QED) is 0.770. The Balaban J connectivity index is 1.02. The summed E-state index contributed by atoms with van der Waals surface area (Å²) in [6, 6.07) is 19.1. The van der Waals surface area contributed by atoms with E-state index in [1.807, 2.05) is 6.07 Å². The van der Waals surface area contributed by atoms with Crippen LogP contribution in [0.4, 0.5) is 0 Å². The lowest BCUT2D eigenvalue weighted by molar-refractivity contribution is -0.116. The third-order valence-corrected chi connectivity index (χ3v) is 8.52. The number of amides is 1. The predicted octanol–water partition coefficient (Wildman–Crippen LogP) is 4.37. The van der Waals surface area contributed by atoms with E-state index in [9.17, 15) is 4.79 Å². The maximum Gasteiger partial charge on any atom is 0.248 e. The number of fused-ring (bicyclic) bond motifs is 6. The molecule has 166 valence electrons. The first-order chi connectivity index (χ1) is 15.8. The Hall–Kier alpha value is -2.39. The van der Waals surface area contributed by atoms with Crippen LogP contribution in [-0.2, 0) is 4.79 Å². The first-order valence-electron chi connectivity index (χ1n) is 12.7. The number of rotatable bonds is 5. The average molecular weight is 427 g/mol. The standard InChI is InChI=1S/C29H34N2O/c32-29(26-11-5-7-21-6-1-2-8-23(21)26)30-22-14-12-20(13-15-22)18-19-31-27-16-17-28(31)25-10-4-3-9-24(25)27/h1-4,6-10,20,22,27-28H,5,11-19H2,(H,30,32). The maximum atomic E-state index is 13.0. The Kier molecular flexibility index (Phi) is 5.38. The van der Waals surface area contributed by atoms with Gasteiger partial charge in [-0.1, -0.05) is 54.6 Å². The van der Waals surface area contributed by atoms with E-state index in [0.29, 0.717) is 18.1 Å². The van der Waals surface area contributed by atoms with Crippen LogP contribution in [-0.4, -0.2) is 23.4 Å². The minimum atomic E-state index is 0.167. The highest BCUT2D eigenvalue weighted by atomic mass is 16.1. The Morgan fingerprint density at radius 1 is 0.875 bits per heavy atom. The Morgan fingerprint density at radius 3 is 2.31 bits per heavy atom. The van der Waals surface area contributed by atoms with Crippen molar-refractivity contribution in [2.45, 2.75) is 75.9 Å². The highest BCUT2D eigenvalue weighted by Crippen LogP contribution is 2.53. The summed E-state index contributed by atoms with van der Waals surface area (Å²) in [5.74, 6) is 0.976. The van der Waals surface area contributed by atoms with Crippen LogP contribution >= 0.6 is 0 Å². The Bertz CT molecular complexity index is 1100. The number of hydrogen-bond donors (Lipinski definition) is 1. The normalized spacial score (nSPS) is 28.7. The molecule has 3 heteroatoms. The molecule has 2 bridgehead atoms. The molecule has 0 radical (unpaired) electrons. The van der Waals surface area contributed by atoms with Crippen LogP contribution < -0.4 is 15.8 Å². The fourth-order valence-corrected chi connectivity index (χ4v) is 6.85. The van der Waals surface area contributed by atoms with Gasteiger partial charge in [-0.2, -0.15) is 0 Å². The molecule has 2 aliphatic carbocycles. The largest absolute Gasteiger partial charge is 0.350 e. The van der Waals surface area contributed by atoms with Gasteiger partial charge in [0.25, 0.3) is 0 Å². The van der Waals surface area contributed by atoms with E-state index in [1.165, 1.54) is 43.9 Å². The molecular formula is C29H34N2O. The van der Waals surface area contributed by atoms with Crippen LogP contribution in [0.1, 0.15) is 81.0 Å². The second-order valence-corrected chi connectivity index (χ2v) is 10.3. The molecule has 1 saturated heterocycles. The molecule has 1 N–H and O–H groups in total. The van der Waals surface area contributed by atoms with Gasteiger partial charge in [0.05, 0.1) is 0 Å². The SMILES string of the molecule is O=C(NC1CCC(CCN2C3CCC2c2ccccc23)CC1)C1=c2ccccc2=CCC1. The van der Waals surface area contributed by atoms with Gasteiger partial charge in [-0.3, -0.25) is 9.69 Å². The number of carbonyl (C=O) groups is 1. The fraction of sp³-hybridized carbons (Fsp3) is 0.483. The molecule has 0 aromatic heterocycles. The van der Waals surface area contributed by atoms with Crippen molar-refractivity contribution < 1.29 is 4.79 Å². The zero-order chi connectivity index (χ0) is 21.5. The van der Waals surface area contributed by atoms with Gasteiger partial charge in [0.2, 0.25) is 5.91 Å². The van der Waals surface area contributed by atoms with Crippen LogP contribution in [0.3, 0.4) is 0 Å². The number of benzene rings is 2. The summed E-state index contributed by atoms with van der Waals surface area (Å²) in [6.45, 7) is 1.23. The fourth-order valence-electron chi connectivity index (χ4n) is 6.85. The number of carbonyl (C=O) groups excluding carboxylic acids is 1. The number of nitrogens with one attached hydrogen (secondary N) is 1. The highest BCUT2D eigenvalue weighted by molar-refractivity contribution is 6.13. The summed E-state index contributed by atoms with van der Waals surface area (Å²) in [5, 5.41) is 5.73. The first-order valence-corrected chi connectivity index (χ1v) is 12.7. The molecule has 0 spiro atoms. The van der Waals surface area contributed by atoms with Crippen molar-refractivity contribution >= 4 is 17.6 Å². The van der Waals surface area contributed by atoms with E-state index >= 15 is 0 Å². The second kappa shape index (κ2) is 8.51. The van der Waals surface area contributed by atoms with Crippen molar-refractivity contribution in [1.29, 1.82) is 0 Å². The van der Waals surface area contributed by atoms with Crippen molar-refractivity contribution in [3.63, 3.8) is 0 Å². The van der Waals surface area contributed by atoms with Gasteiger partial charge in [-0.25, -0.2) is 0 Å². The molecule has 1 amide bonds. The van der Waals surface area contributed by atoms with E-state index in [2.05, 4.69) is 58.8 Å².